The molecule has 0 saturated carbocycles. The van der Waals surface area contributed by atoms with Crippen LogP contribution in [0.3, 0.4) is 0 Å². The van der Waals surface area contributed by atoms with Gasteiger partial charge in [0.2, 0.25) is 0 Å². The molecule has 88 valence electrons. The van der Waals surface area contributed by atoms with Crippen molar-refractivity contribution < 1.29 is 15.1 Å². The number of nitrogens with one attached hydrogen (secondary N) is 1. The minimum atomic E-state index is -0.930. The largest absolute Gasteiger partial charge is 0.394 e. The molecule has 1 rings (SSSR count). The first-order valence-corrected chi connectivity index (χ1v) is 4.83. The number of benzene rings is 1. The second kappa shape index (κ2) is 5.43. The lowest BCUT2D eigenvalue weighted by Crippen LogP contribution is -2.23. The topological polar surface area (TPSA) is 95.6 Å². The Balaban J connectivity index is 2.87. The van der Waals surface area contributed by atoms with E-state index in [9.17, 15) is 10.1 Å². The van der Waals surface area contributed by atoms with Crippen molar-refractivity contribution in [3.8, 4) is 0 Å². The lowest BCUT2D eigenvalue weighted by Gasteiger charge is -2.11. The average Bonchev–Trinajstić information content (AvgIpc) is 2.25. The molecule has 1 aromatic rings. The lowest BCUT2D eigenvalue weighted by molar-refractivity contribution is -0.384. The van der Waals surface area contributed by atoms with Gasteiger partial charge >= 0.3 is 0 Å². The van der Waals surface area contributed by atoms with Crippen molar-refractivity contribution in [2.45, 2.75) is 13.0 Å². The van der Waals surface area contributed by atoms with Gasteiger partial charge in [-0.15, -0.1) is 0 Å². The van der Waals surface area contributed by atoms with E-state index in [4.69, 9.17) is 10.2 Å². The number of anilines is 1. The minimum Gasteiger partial charge on any atom is -0.394 e. The first-order valence-electron chi connectivity index (χ1n) is 4.83. The molecule has 1 atom stereocenters. The third kappa shape index (κ3) is 2.91. The molecule has 3 N–H and O–H groups in total. The van der Waals surface area contributed by atoms with E-state index in [-0.39, 0.29) is 18.8 Å². The summed E-state index contributed by atoms with van der Waals surface area (Å²) < 4.78 is 0. The molecule has 0 heterocycles. The minimum absolute atomic E-state index is 0.00682. The number of aliphatic hydroxyl groups is 2. The third-order valence-electron chi connectivity index (χ3n) is 2.16. The molecule has 0 aliphatic rings. The molecule has 0 aliphatic heterocycles. The highest BCUT2D eigenvalue weighted by Crippen LogP contribution is 2.27. The lowest BCUT2D eigenvalue weighted by atomic mass is 10.1. The summed E-state index contributed by atoms with van der Waals surface area (Å²) >= 11 is 0. The fourth-order valence-electron chi connectivity index (χ4n) is 1.34. The molecular weight excluding hydrogens is 212 g/mol. The van der Waals surface area contributed by atoms with Crippen LogP contribution in [0.2, 0.25) is 0 Å². The van der Waals surface area contributed by atoms with E-state index in [0.29, 0.717) is 11.3 Å². The normalized spacial score (nSPS) is 12.2. The van der Waals surface area contributed by atoms with Crippen molar-refractivity contribution in [2.24, 2.45) is 0 Å². The van der Waals surface area contributed by atoms with Crippen LogP contribution in [-0.2, 0) is 0 Å². The van der Waals surface area contributed by atoms with Gasteiger partial charge in [-0.05, 0) is 13.0 Å². The number of hydrogen-bond donors (Lipinski definition) is 3. The highest BCUT2D eigenvalue weighted by Gasteiger charge is 2.16. The highest BCUT2D eigenvalue weighted by molar-refractivity contribution is 5.65. The Morgan fingerprint density at radius 2 is 2.25 bits per heavy atom. The second-order valence-electron chi connectivity index (χ2n) is 3.45. The summed E-state index contributed by atoms with van der Waals surface area (Å²) in [7, 11) is 0. The number of nitro benzene ring substituents is 1. The molecular formula is C10H14N2O4. The number of nitro groups is 1. The van der Waals surface area contributed by atoms with Crippen LogP contribution in [0.5, 0.6) is 0 Å². The van der Waals surface area contributed by atoms with Gasteiger partial charge in [0.15, 0.2) is 0 Å². The van der Waals surface area contributed by atoms with E-state index in [1.54, 1.807) is 25.1 Å². The maximum absolute atomic E-state index is 10.8. The summed E-state index contributed by atoms with van der Waals surface area (Å²) in [4.78, 5) is 10.3. The molecule has 0 bridgehead atoms. The fraction of sp³-hybridized carbons (Fsp3) is 0.400. The SMILES string of the molecule is Cc1cccc(NCC(O)CO)c1[N+](=O)[O-]. The average molecular weight is 226 g/mol. The van der Waals surface area contributed by atoms with Crippen LogP contribution in [-0.4, -0.2) is 34.4 Å². The molecule has 0 aromatic heterocycles. The van der Waals surface area contributed by atoms with Gasteiger partial charge in [-0.1, -0.05) is 12.1 Å². The van der Waals surface area contributed by atoms with E-state index in [0.717, 1.165) is 0 Å². The van der Waals surface area contributed by atoms with Crippen LogP contribution in [0, 0.1) is 17.0 Å². The van der Waals surface area contributed by atoms with Crippen LogP contribution in [0.25, 0.3) is 0 Å². The molecule has 0 spiro atoms. The van der Waals surface area contributed by atoms with Crippen molar-refractivity contribution >= 4 is 11.4 Å². The van der Waals surface area contributed by atoms with Gasteiger partial charge in [-0.25, -0.2) is 0 Å². The Morgan fingerprint density at radius 3 is 2.81 bits per heavy atom. The number of para-hydroxylation sites is 1. The summed E-state index contributed by atoms with van der Waals surface area (Å²) in [6.45, 7) is 1.33. The summed E-state index contributed by atoms with van der Waals surface area (Å²) in [5.41, 5.74) is 0.888. The predicted octanol–water partition coefficient (Wildman–Crippen LogP) is 0.668. The molecule has 0 radical (unpaired) electrons. The Kier molecular flexibility index (Phi) is 4.21. The van der Waals surface area contributed by atoms with Gasteiger partial charge < -0.3 is 15.5 Å². The quantitative estimate of drug-likeness (QED) is 0.506. The molecule has 16 heavy (non-hydrogen) atoms. The molecule has 1 unspecified atom stereocenters. The van der Waals surface area contributed by atoms with Crippen LogP contribution in [0.4, 0.5) is 11.4 Å². The summed E-state index contributed by atoms with van der Waals surface area (Å²) in [6.07, 6.45) is -0.930. The number of aliphatic hydroxyl groups excluding tert-OH is 2. The smallest absolute Gasteiger partial charge is 0.295 e. The molecule has 0 aliphatic carbocycles. The van der Waals surface area contributed by atoms with Crippen LogP contribution in [0.15, 0.2) is 18.2 Å². The summed E-state index contributed by atoms with van der Waals surface area (Å²) in [5, 5.41) is 31.3. The maximum Gasteiger partial charge on any atom is 0.295 e. The van der Waals surface area contributed by atoms with Crippen molar-refractivity contribution in [3.05, 3.63) is 33.9 Å². The number of aryl methyl sites for hydroxylation is 1. The van der Waals surface area contributed by atoms with Gasteiger partial charge in [-0.2, -0.15) is 0 Å². The third-order valence-corrected chi connectivity index (χ3v) is 2.16. The monoisotopic (exact) mass is 226 g/mol. The van der Waals surface area contributed by atoms with E-state index in [1.807, 2.05) is 0 Å². The molecule has 0 fully saturated rings. The molecule has 1 aromatic carbocycles. The molecule has 0 amide bonds. The van der Waals surface area contributed by atoms with Crippen LogP contribution in [0.1, 0.15) is 5.56 Å². The molecule has 6 heteroatoms. The zero-order valence-corrected chi connectivity index (χ0v) is 8.88. The fourth-order valence-corrected chi connectivity index (χ4v) is 1.34. The van der Waals surface area contributed by atoms with Crippen molar-refractivity contribution in [1.29, 1.82) is 0 Å². The summed E-state index contributed by atoms with van der Waals surface area (Å²) in [6, 6.07) is 4.90. The highest BCUT2D eigenvalue weighted by atomic mass is 16.6. The Labute approximate surface area is 92.7 Å². The first kappa shape index (κ1) is 12.4. The van der Waals surface area contributed by atoms with Gasteiger partial charge in [-0.3, -0.25) is 10.1 Å². The zero-order valence-electron chi connectivity index (χ0n) is 8.88. The first-order chi connectivity index (χ1) is 7.56. The second-order valence-corrected chi connectivity index (χ2v) is 3.45. The predicted molar refractivity (Wildman–Crippen MR) is 59.4 cm³/mol. The van der Waals surface area contributed by atoms with E-state index < -0.39 is 11.0 Å². The van der Waals surface area contributed by atoms with Crippen molar-refractivity contribution in [2.75, 3.05) is 18.5 Å². The van der Waals surface area contributed by atoms with Crippen molar-refractivity contribution in [1.82, 2.24) is 0 Å². The van der Waals surface area contributed by atoms with Gasteiger partial charge in [0.25, 0.3) is 5.69 Å². The number of rotatable bonds is 5. The standard InChI is InChI=1S/C10H14N2O4/c1-7-3-2-4-9(10(7)12(15)16)11-5-8(14)6-13/h2-4,8,11,13-14H,5-6H2,1H3. The van der Waals surface area contributed by atoms with Crippen LogP contribution < -0.4 is 5.32 Å². The van der Waals surface area contributed by atoms with E-state index >= 15 is 0 Å². The maximum atomic E-state index is 10.8. The van der Waals surface area contributed by atoms with E-state index in [2.05, 4.69) is 5.32 Å². The molecule has 6 nitrogen and oxygen atoms in total. The van der Waals surface area contributed by atoms with Gasteiger partial charge in [0, 0.05) is 12.1 Å². The van der Waals surface area contributed by atoms with Crippen molar-refractivity contribution in [3.63, 3.8) is 0 Å². The zero-order chi connectivity index (χ0) is 12.1. The number of nitrogens with zero attached hydrogens (tertiary/aromatic N) is 1. The molecule has 0 saturated heterocycles. The summed E-state index contributed by atoms with van der Waals surface area (Å²) in [5.74, 6) is 0. The van der Waals surface area contributed by atoms with Gasteiger partial charge in [0.05, 0.1) is 17.6 Å². The Morgan fingerprint density at radius 1 is 1.56 bits per heavy atom. The van der Waals surface area contributed by atoms with Crippen LogP contribution >= 0.6 is 0 Å². The Bertz CT molecular complexity index is 381. The Hall–Kier alpha value is -1.66. The van der Waals surface area contributed by atoms with Gasteiger partial charge in [0.1, 0.15) is 5.69 Å². The number of hydrogen-bond acceptors (Lipinski definition) is 5. The van der Waals surface area contributed by atoms with E-state index in [1.165, 1.54) is 0 Å².